The first-order valence-corrected chi connectivity index (χ1v) is 6.82. The highest BCUT2D eigenvalue weighted by atomic mass is 79.9. The van der Waals surface area contributed by atoms with E-state index < -0.39 is 0 Å². The number of aromatic nitrogens is 2. The molecule has 1 heterocycles. The number of halogens is 1. The second kappa shape index (κ2) is 7.13. The second-order valence-electron chi connectivity index (χ2n) is 4.23. The summed E-state index contributed by atoms with van der Waals surface area (Å²) in [5.74, 6) is 0. The number of nitrogens with zero attached hydrogens (tertiary/aromatic N) is 2. The maximum atomic E-state index is 5.59. The average molecular weight is 304 g/mol. The molecule has 0 fully saturated rings. The summed E-state index contributed by atoms with van der Waals surface area (Å²) in [5.41, 5.74) is 2.24. The molecule has 1 atom stereocenters. The molecule has 1 unspecified atom stereocenters. The summed E-state index contributed by atoms with van der Waals surface area (Å²) >= 11 is 3.59. The largest absolute Gasteiger partial charge is 0.380 e. The summed E-state index contributed by atoms with van der Waals surface area (Å²) < 4.78 is 8.63. The van der Waals surface area contributed by atoms with Gasteiger partial charge in [0.15, 0.2) is 0 Å². The third-order valence-electron chi connectivity index (χ3n) is 2.78. The molecule has 0 aliphatic rings. The fourth-order valence-corrected chi connectivity index (χ4v) is 2.25. The van der Waals surface area contributed by atoms with Gasteiger partial charge in [0.05, 0.1) is 22.5 Å². The molecule has 0 bridgehead atoms. The molecule has 5 heteroatoms. The Bertz CT molecular complexity index is 352. The van der Waals surface area contributed by atoms with Gasteiger partial charge in [-0.25, -0.2) is 0 Å². The predicted molar refractivity (Wildman–Crippen MR) is 73.3 cm³/mol. The molecule has 1 rings (SSSR count). The molecule has 98 valence electrons. The Morgan fingerprint density at radius 3 is 2.71 bits per heavy atom. The van der Waals surface area contributed by atoms with Crippen molar-refractivity contribution in [2.75, 3.05) is 20.3 Å². The lowest BCUT2D eigenvalue weighted by Crippen LogP contribution is -2.33. The van der Waals surface area contributed by atoms with Crippen molar-refractivity contribution in [3.8, 4) is 0 Å². The predicted octanol–water partition coefficient (Wildman–Crippen LogP) is 2.05. The average Bonchev–Trinajstić information content (AvgIpc) is 2.54. The SMILES string of the molecule is CCCOCC(Cc1c(Br)c(C)nn1C)NC. The van der Waals surface area contributed by atoms with Crippen LogP contribution in [-0.4, -0.2) is 36.1 Å². The fourth-order valence-electron chi connectivity index (χ4n) is 1.75. The van der Waals surface area contributed by atoms with Gasteiger partial charge in [-0.2, -0.15) is 5.10 Å². The lowest BCUT2D eigenvalue weighted by atomic mass is 10.1. The molecular weight excluding hydrogens is 282 g/mol. The first kappa shape index (κ1) is 14.7. The van der Waals surface area contributed by atoms with Crippen molar-refractivity contribution >= 4 is 15.9 Å². The minimum absolute atomic E-state index is 0.327. The van der Waals surface area contributed by atoms with Crippen LogP contribution in [0.25, 0.3) is 0 Å². The van der Waals surface area contributed by atoms with Crippen LogP contribution < -0.4 is 5.32 Å². The van der Waals surface area contributed by atoms with Crippen LogP contribution in [0.15, 0.2) is 4.47 Å². The van der Waals surface area contributed by atoms with E-state index in [1.165, 1.54) is 5.69 Å². The molecule has 0 radical (unpaired) electrons. The van der Waals surface area contributed by atoms with Crippen LogP contribution in [0.1, 0.15) is 24.7 Å². The third-order valence-corrected chi connectivity index (χ3v) is 3.81. The summed E-state index contributed by atoms with van der Waals surface area (Å²) in [6.45, 7) is 5.69. The molecule has 0 aliphatic carbocycles. The molecule has 1 aromatic heterocycles. The Hall–Kier alpha value is -0.390. The first-order valence-electron chi connectivity index (χ1n) is 6.03. The van der Waals surface area contributed by atoms with Crippen LogP contribution in [0.3, 0.4) is 0 Å². The number of hydrogen-bond acceptors (Lipinski definition) is 3. The molecule has 0 spiro atoms. The van der Waals surface area contributed by atoms with Gasteiger partial charge in [-0.05, 0) is 36.3 Å². The van der Waals surface area contributed by atoms with Crippen LogP contribution >= 0.6 is 15.9 Å². The highest BCUT2D eigenvalue weighted by molar-refractivity contribution is 9.10. The zero-order valence-electron chi connectivity index (χ0n) is 11.1. The standard InChI is InChI=1S/C12H22BrN3O/c1-5-6-17-8-10(14-3)7-11-12(13)9(2)15-16(11)4/h10,14H,5-8H2,1-4H3. The number of rotatable bonds is 7. The van der Waals surface area contributed by atoms with Gasteiger partial charge in [0.2, 0.25) is 0 Å². The van der Waals surface area contributed by atoms with Crippen LogP contribution in [-0.2, 0) is 18.2 Å². The Balaban J connectivity index is 2.60. The van der Waals surface area contributed by atoms with Gasteiger partial charge >= 0.3 is 0 Å². The van der Waals surface area contributed by atoms with E-state index >= 15 is 0 Å². The minimum Gasteiger partial charge on any atom is -0.380 e. The van der Waals surface area contributed by atoms with Crippen molar-refractivity contribution in [3.05, 3.63) is 15.9 Å². The lowest BCUT2D eigenvalue weighted by molar-refractivity contribution is 0.113. The van der Waals surface area contributed by atoms with E-state index in [-0.39, 0.29) is 0 Å². The van der Waals surface area contributed by atoms with Crippen molar-refractivity contribution < 1.29 is 4.74 Å². The summed E-state index contributed by atoms with van der Waals surface area (Å²) in [5, 5.41) is 7.68. The quantitative estimate of drug-likeness (QED) is 0.784. The molecule has 1 N–H and O–H groups in total. The third kappa shape index (κ3) is 4.08. The van der Waals surface area contributed by atoms with Crippen molar-refractivity contribution in [1.82, 2.24) is 15.1 Å². The molecule has 0 saturated carbocycles. The zero-order valence-corrected chi connectivity index (χ0v) is 12.7. The molecular formula is C12H22BrN3O. The monoisotopic (exact) mass is 303 g/mol. The molecule has 0 aliphatic heterocycles. The lowest BCUT2D eigenvalue weighted by Gasteiger charge is -2.16. The minimum atomic E-state index is 0.327. The highest BCUT2D eigenvalue weighted by Gasteiger charge is 2.15. The summed E-state index contributed by atoms with van der Waals surface area (Å²) in [6, 6.07) is 0.327. The Labute approximate surface area is 112 Å². The van der Waals surface area contributed by atoms with Gasteiger partial charge in [-0.15, -0.1) is 0 Å². The highest BCUT2D eigenvalue weighted by Crippen LogP contribution is 2.21. The van der Waals surface area contributed by atoms with E-state index in [0.717, 1.165) is 36.2 Å². The fraction of sp³-hybridized carbons (Fsp3) is 0.750. The number of nitrogens with one attached hydrogen (secondary N) is 1. The van der Waals surface area contributed by atoms with E-state index in [1.54, 1.807) is 0 Å². The van der Waals surface area contributed by atoms with E-state index in [0.29, 0.717) is 6.04 Å². The Morgan fingerprint density at radius 2 is 2.24 bits per heavy atom. The van der Waals surface area contributed by atoms with Crippen LogP contribution in [0.2, 0.25) is 0 Å². The van der Waals surface area contributed by atoms with Crippen molar-refractivity contribution in [3.63, 3.8) is 0 Å². The summed E-state index contributed by atoms with van der Waals surface area (Å²) in [7, 11) is 3.95. The molecule has 4 nitrogen and oxygen atoms in total. The Morgan fingerprint density at radius 1 is 1.53 bits per heavy atom. The van der Waals surface area contributed by atoms with Gasteiger partial charge in [0, 0.05) is 26.1 Å². The maximum Gasteiger partial charge on any atom is 0.0738 e. The maximum absolute atomic E-state index is 5.59. The first-order chi connectivity index (χ1) is 8.10. The van der Waals surface area contributed by atoms with Gasteiger partial charge in [-0.1, -0.05) is 6.92 Å². The number of aryl methyl sites for hydroxylation is 2. The smallest absolute Gasteiger partial charge is 0.0738 e. The molecule has 0 aromatic carbocycles. The van der Waals surface area contributed by atoms with Crippen LogP contribution in [0, 0.1) is 6.92 Å². The van der Waals surface area contributed by atoms with Crippen LogP contribution in [0.4, 0.5) is 0 Å². The number of ether oxygens (including phenoxy) is 1. The van der Waals surface area contributed by atoms with Crippen LogP contribution in [0.5, 0.6) is 0 Å². The Kier molecular flexibility index (Phi) is 6.16. The summed E-state index contributed by atoms with van der Waals surface area (Å²) in [4.78, 5) is 0. The zero-order chi connectivity index (χ0) is 12.8. The van der Waals surface area contributed by atoms with Gasteiger partial charge in [0.25, 0.3) is 0 Å². The molecule has 17 heavy (non-hydrogen) atoms. The van der Waals surface area contributed by atoms with E-state index in [4.69, 9.17) is 4.74 Å². The molecule has 1 aromatic rings. The topological polar surface area (TPSA) is 39.1 Å². The van der Waals surface area contributed by atoms with Crippen molar-refractivity contribution in [2.45, 2.75) is 32.7 Å². The van der Waals surface area contributed by atoms with E-state index in [9.17, 15) is 0 Å². The summed E-state index contributed by atoms with van der Waals surface area (Å²) in [6.07, 6.45) is 1.98. The van der Waals surface area contributed by atoms with Crippen molar-refractivity contribution in [2.24, 2.45) is 7.05 Å². The van der Waals surface area contributed by atoms with Gasteiger partial charge in [0.1, 0.15) is 0 Å². The van der Waals surface area contributed by atoms with Crippen molar-refractivity contribution in [1.29, 1.82) is 0 Å². The van der Waals surface area contributed by atoms with E-state index in [2.05, 4.69) is 33.3 Å². The second-order valence-corrected chi connectivity index (χ2v) is 5.03. The number of hydrogen-bond donors (Lipinski definition) is 1. The van der Waals surface area contributed by atoms with Gasteiger partial charge < -0.3 is 10.1 Å². The molecule has 0 amide bonds. The normalized spacial score (nSPS) is 13.0. The van der Waals surface area contributed by atoms with E-state index in [1.807, 2.05) is 25.7 Å². The molecule has 0 saturated heterocycles. The van der Waals surface area contributed by atoms with Gasteiger partial charge in [-0.3, -0.25) is 4.68 Å². The number of likely N-dealkylation sites (N-methyl/N-ethyl adjacent to an activating group) is 1.